The lowest BCUT2D eigenvalue weighted by Gasteiger charge is -2.19. The van der Waals surface area contributed by atoms with E-state index in [2.05, 4.69) is 109 Å². The van der Waals surface area contributed by atoms with Crippen LogP contribution < -0.4 is 4.74 Å². The maximum Gasteiger partial charge on any atom is 0.142 e. The molecule has 1 aliphatic heterocycles. The van der Waals surface area contributed by atoms with E-state index in [0.717, 1.165) is 21.3 Å². The zero-order valence-corrected chi connectivity index (χ0v) is 21.4. The summed E-state index contributed by atoms with van der Waals surface area (Å²) in [7, 11) is 0. The molecule has 0 aliphatic carbocycles. The zero-order chi connectivity index (χ0) is 24.3. The van der Waals surface area contributed by atoms with Gasteiger partial charge in [0.25, 0.3) is 0 Å². The van der Waals surface area contributed by atoms with E-state index in [1.54, 1.807) is 11.8 Å². The first kappa shape index (κ1) is 21.1. The minimum Gasteiger partial charge on any atom is -0.455 e. The summed E-state index contributed by atoms with van der Waals surface area (Å²) >= 11 is 3.60. The van der Waals surface area contributed by atoms with E-state index < -0.39 is 0 Å². The van der Waals surface area contributed by atoms with Gasteiger partial charge in [-0.2, -0.15) is 0 Å². The van der Waals surface area contributed by atoms with Gasteiger partial charge in [-0.05, 0) is 85.9 Å². The van der Waals surface area contributed by atoms with Gasteiger partial charge in [0.15, 0.2) is 0 Å². The second kappa shape index (κ2) is 8.24. The van der Waals surface area contributed by atoms with Crippen LogP contribution in [0.3, 0.4) is 0 Å². The van der Waals surface area contributed by atoms with Crippen LogP contribution in [-0.2, 0) is 0 Å². The molecule has 1 aromatic heterocycles. The first-order chi connectivity index (χ1) is 18.3. The van der Waals surface area contributed by atoms with Gasteiger partial charge in [0, 0.05) is 9.75 Å². The summed E-state index contributed by atoms with van der Waals surface area (Å²) in [6.07, 6.45) is 0. The molecule has 0 radical (unpaired) electrons. The molecule has 1 aliphatic rings. The van der Waals surface area contributed by atoms with Crippen LogP contribution in [0.1, 0.15) is 0 Å². The van der Waals surface area contributed by atoms with Crippen LogP contribution in [0.15, 0.2) is 131 Å². The Morgan fingerprint density at radius 3 is 1.68 bits per heavy atom. The van der Waals surface area contributed by atoms with E-state index in [-0.39, 0.29) is 0 Å². The first-order valence-corrected chi connectivity index (χ1v) is 14.0. The van der Waals surface area contributed by atoms with Crippen molar-refractivity contribution in [3.8, 4) is 32.4 Å². The Morgan fingerprint density at radius 2 is 0.946 bits per heavy atom. The van der Waals surface area contributed by atoms with Gasteiger partial charge in [-0.25, -0.2) is 0 Å². The Hall–Kier alpha value is -4.05. The third kappa shape index (κ3) is 3.39. The topological polar surface area (TPSA) is 9.23 Å². The quantitative estimate of drug-likeness (QED) is 0.215. The normalized spacial score (nSPS) is 12.4. The van der Waals surface area contributed by atoms with Gasteiger partial charge in [0.2, 0.25) is 0 Å². The molecule has 6 aromatic carbocycles. The maximum absolute atomic E-state index is 6.24. The van der Waals surface area contributed by atoms with E-state index in [9.17, 15) is 0 Å². The molecule has 1 nitrogen and oxygen atoms in total. The van der Waals surface area contributed by atoms with Crippen molar-refractivity contribution < 1.29 is 4.74 Å². The summed E-state index contributed by atoms with van der Waals surface area (Å²) in [6.45, 7) is 0. The van der Waals surface area contributed by atoms with Crippen LogP contribution in [0.25, 0.3) is 53.2 Å². The zero-order valence-electron chi connectivity index (χ0n) is 19.8. The van der Waals surface area contributed by atoms with Crippen molar-refractivity contribution in [2.75, 3.05) is 0 Å². The third-order valence-electron chi connectivity index (χ3n) is 7.15. The van der Waals surface area contributed by atoms with Crippen molar-refractivity contribution in [3.05, 3.63) is 121 Å². The Kier molecular flexibility index (Phi) is 4.69. The van der Waals surface area contributed by atoms with Gasteiger partial charge < -0.3 is 4.74 Å². The molecule has 3 heteroatoms. The second-order valence-electron chi connectivity index (χ2n) is 9.33. The smallest absolute Gasteiger partial charge is 0.142 e. The van der Waals surface area contributed by atoms with Crippen molar-refractivity contribution in [1.82, 2.24) is 0 Å². The molecule has 7 aromatic rings. The van der Waals surface area contributed by atoms with Gasteiger partial charge in [0.1, 0.15) is 11.5 Å². The molecular formula is C34H20OS2. The Balaban J connectivity index is 1.22. The molecule has 0 saturated heterocycles. The highest BCUT2D eigenvalue weighted by Crippen LogP contribution is 2.48. The molecule has 0 spiro atoms. The summed E-state index contributed by atoms with van der Waals surface area (Å²) in [5.74, 6) is 1.86. The molecule has 0 saturated carbocycles. The lowest BCUT2D eigenvalue weighted by molar-refractivity contribution is 0.455. The molecule has 0 amide bonds. The Labute approximate surface area is 223 Å². The van der Waals surface area contributed by atoms with Crippen molar-refractivity contribution >= 4 is 55.4 Å². The van der Waals surface area contributed by atoms with Gasteiger partial charge in [-0.1, -0.05) is 90.6 Å². The minimum atomic E-state index is 0.930. The molecule has 37 heavy (non-hydrogen) atoms. The lowest BCUT2D eigenvalue weighted by Crippen LogP contribution is -1.94. The van der Waals surface area contributed by atoms with E-state index in [0.29, 0.717) is 0 Å². The first-order valence-electron chi connectivity index (χ1n) is 12.3. The summed E-state index contributed by atoms with van der Waals surface area (Å²) < 4.78 is 6.24. The second-order valence-corrected chi connectivity index (χ2v) is 11.5. The van der Waals surface area contributed by atoms with Crippen LogP contribution in [0.2, 0.25) is 0 Å². The maximum atomic E-state index is 6.24. The van der Waals surface area contributed by atoms with Gasteiger partial charge in [0.05, 0.1) is 9.79 Å². The predicted octanol–water partition coefficient (Wildman–Crippen LogP) is 10.8. The number of thiophene rings is 1. The highest BCUT2D eigenvalue weighted by Gasteiger charge is 2.18. The highest BCUT2D eigenvalue weighted by atomic mass is 32.2. The largest absolute Gasteiger partial charge is 0.455 e. The molecule has 2 heterocycles. The number of fused-ring (bicyclic) bond motifs is 8. The molecule has 0 bridgehead atoms. The van der Waals surface area contributed by atoms with E-state index in [1.807, 2.05) is 23.5 Å². The predicted molar refractivity (Wildman–Crippen MR) is 158 cm³/mol. The number of hydrogen-bond donors (Lipinski definition) is 0. The molecule has 174 valence electrons. The summed E-state index contributed by atoms with van der Waals surface area (Å²) in [6, 6.07) is 43.7. The summed E-state index contributed by atoms with van der Waals surface area (Å²) in [5, 5.41) is 7.84. The number of hydrogen-bond acceptors (Lipinski definition) is 3. The highest BCUT2D eigenvalue weighted by molar-refractivity contribution is 7.99. The monoisotopic (exact) mass is 508 g/mol. The summed E-state index contributed by atoms with van der Waals surface area (Å²) in [4.78, 5) is 4.84. The fourth-order valence-corrected chi connectivity index (χ4v) is 7.32. The fraction of sp³-hybridized carbons (Fsp3) is 0. The minimum absolute atomic E-state index is 0.930. The fourth-order valence-electron chi connectivity index (χ4n) is 5.39. The third-order valence-corrected chi connectivity index (χ3v) is 9.45. The van der Waals surface area contributed by atoms with Crippen LogP contribution in [-0.4, -0.2) is 0 Å². The number of rotatable bonds is 2. The lowest BCUT2D eigenvalue weighted by atomic mass is 9.93. The Bertz CT molecular complexity index is 1960. The molecule has 0 N–H and O–H groups in total. The average molecular weight is 509 g/mol. The molecule has 0 fully saturated rings. The van der Waals surface area contributed by atoms with Crippen molar-refractivity contribution in [1.29, 1.82) is 0 Å². The van der Waals surface area contributed by atoms with Gasteiger partial charge in [-0.3, -0.25) is 0 Å². The van der Waals surface area contributed by atoms with Crippen molar-refractivity contribution in [2.45, 2.75) is 9.79 Å². The molecule has 0 unspecified atom stereocenters. The van der Waals surface area contributed by atoms with Crippen molar-refractivity contribution in [3.63, 3.8) is 0 Å². The van der Waals surface area contributed by atoms with Gasteiger partial charge in [-0.15, -0.1) is 11.3 Å². The number of para-hydroxylation sites is 1. The van der Waals surface area contributed by atoms with E-state index in [4.69, 9.17) is 4.74 Å². The van der Waals surface area contributed by atoms with Crippen LogP contribution >= 0.6 is 23.1 Å². The number of benzene rings is 6. The standard InChI is InChI=1S/C34H20OS2/c1-2-9-25-23(7-1)24-8-3-4-10-26(24)28-19-21(13-15-27(25)28)31-17-18-32(36-31)22-14-16-34-30(20-22)35-29-11-5-6-12-33(29)37-34/h1-20H. The van der Waals surface area contributed by atoms with E-state index >= 15 is 0 Å². The van der Waals surface area contributed by atoms with Crippen LogP contribution in [0.4, 0.5) is 0 Å². The van der Waals surface area contributed by atoms with Crippen molar-refractivity contribution in [2.24, 2.45) is 0 Å². The number of ether oxygens (including phenoxy) is 1. The molecular weight excluding hydrogens is 489 g/mol. The molecule has 8 rings (SSSR count). The molecule has 0 atom stereocenters. The Morgan fingerprint density at radius 1 is 0.405 bits per heavy atom. The van der Waals surface area contributed by atoms with Crippen LogP contribution in [0, 0.1) is 0 Å². The van der Waals surface area contributed by atoms with E-state index in [1.165, 1.54) is 53.2 Å². The average Bonchev–Trinajstić information content (AvgIpc) is 3.46. The SMILES string of the molecule is c1ccc2c(c1)Oc1cc(-c3ccc(-c4ccc5c6ccccc6c6ccccc6c5c4)s3)ccc1S2. The van der Waals surface area contributed by atoms with Gasteiger partial charge >= 0.3 is 0 Å². The summed E-state index contributed by atoms with van der Waals surface area (Å²) in [5.41, 5.74) is 2.44. The van der Waals surface area contributed by atoms with Crippen LogP contribution in [0.5, 0.6) is 11.5 Å².